The van der Waals surface area contributed by atoms with Crippen molar-refractivity contribution in [3.05, 3.63) is 75.3 Å². The Morgan fingerprint density at radius 3 is 2.60 bits per heavy atom. The lowest BCUT2D eigenvalue weighted by Gasteiger charge is -2.37. The van der Waals surface area contributed by atoms with Crippen LogP contribution in [0.1, 0.15) is 29.5 Å². The predicted molar refractivity (Wildman–Crippen MR) is 93.8 cm³/mol. The molecule has 2 aromatic rings. The van der Waals surface area contributed by atoms with Crippen molar-refractivity contribution in [1.82, 2.24) is 0 Å². The Balaban J connectivity index is 2.07. The Kier molecular flexibility index (Phi) is 4.55. The van der Waals surface area contributed by atoms with E-state index < -0.39 is 5.54 Å². The van der Waals surface area contributed by atoms with Gasteiger partial charge in [-0.3, -0.25) is 14.9 Å². The highest BCUT2D eigenvalue weighted by atomic mass is 16.6. The smallest absolute Gasteiger partial charge is 0.265 e. The van der Waals surface area contributed by atoms with Crippen molar-refractivity contribution in [2.75, 3.05) is 11.4 Å². The first-order chi connectivity index (χ1) is 12.0. The number of carbonyl (C=O) groups excluding carboxylic acids is 1. The minimum absolute atomic E-state index is 0.0428. The standard InChI is InChI=1S/C19H20N2O4/c1-14-7-8-17(15(11-14)12-22)20-13-19(21(24)25,10-9-18(20)23)16-5-3-2-4-6-16/h2-8,11,22H,9-10,12-13H2,1H3. The van der Waals surface area contributed by atoms with Crippen LogP contribution in [0.2, 0.25) is 0 Å². The quantitative estimate of drug-likeness (QED) is 0.685. The molecule has 1 atom stereocenters. The summed E-state index contributed by atoms with van der Waals surface area (Å²) in [6, 6.07) is 14.2. The number of nitrogens with zero attached hydrogens (tertiary/aromatic N) is 2. The molecule has 1 aliphatic heterocycles. The second-order valence-corrected chi connectivity index (χ2v) is 6.42. The SMILES string of the molecule is Cc1ccc(N2CC(c3ccccc3)([N+](=O)[O-])CCC2=O)c(CO)c1. The van der Waals surface area contributed by atoms with Crippen molar-refractivity contribution >= 4 is 11.6 Å². The lowest BCUT2D eigenvalue weighted by molar-refractivity contribution is -0.578. The van der Waals surface area contributed by atoms with Gasteiger partial charge in [-0.1, -0.05) is 48.0 Å². The van der Waals surface area contributed by atoms with Gasteiger partial charge in [-0.15, -0.1) is 0 Å². The van der Waals surface area contributed by atoms with Gasteiger partial charge in [-0.2, -0.15) is 0 Å². The molecule has 0 spiro atoms. The van der Waals surface area contributed by atoms with Crippen LogP contribution in [0.4, 0.5) is 5.69 Å². The third kappa shape index (κ3) is 3.00. The number of aliphatic hydroxyl groups excluding tert-OH is 1. The number of anilines is 1. The first-order valence-electron chi connectivity index (χ1n) is 8.19. The zero-order valence-corrected chi connectivity index (χ0v) is 14.0. The Morgan fingerprint density at radius 1 is 1.24 bits per heavy atom. The zero-order valence-electron chi connectivity index (χ0n) is 14.0. The normalized spacial score (nSPS) is 20.6. The van der Waals surface area contributed by atoms with Gasteiger partial charge in [0.1, 0.15) is 6.54 Å². The molecule has 0 bridgehead atoms. The average molecular weight is 340 g/mol. The summed E-state index contributed by atoms with van der Waals surface area (Å²) in [7, 11) is 0. The molecule has 0 radical (unpaired) electrons. The number of aryl methyl sites for hydroxylation is 1. The van der Waals surface area contributed by atoms with Crippen molar-refractivity contribution in [3.63, 3.8) is 0 Å². The molecule has 0 aliphatic carbocycles. The van der Waals surface area contributed by atoms with Gasteiger partial charge in [0.15, 0.2) is 0 Å². The highest BCUT2D eigenvalue weighted by Crippen LogP contribution is 2.38. The van der Waals surface area contributed by atoms with Gasteiger partial charge in [0.25, 0.3) is 5.54 Å². The summed E-state index contributed by atoms with van der Waals surface area (Å²) in [6.07, 6.45) is 0.258. The van der Waals surface area contributed by atoms with Gasteiger partial charge in [-0.05, 0) is 13.0 Å². The Hall–Kier alpha value is -2.73. The van der Waals surface area contributed by atoms with Gasteiger partial charge >= 0.3 is 0 Å². The molecule has 1 unspecified atom stereocenters. The summed E-state index contributed by atoms with van der Waals surface area (Å²) < 4.78 is 0. The predicted octanol–water partition coefficient (Wildman–Crippen LogP) is 2.79. The minimum atomic E-state index is -1.34. The molecule has 1 fully saturated rings. The van der Waals surface area contributed by atoms with Gasteiger partial charge in [0, 0.05) is 34.6 Å². The van der Waals surface area contributed by atoms with Crippen LogP contribution in [-0.2, 0) is 16.9 Å². The third-order valence-corrected chi connectivity index (χ3v) is 4.83. The number of piperidine rings is 1. The topological polar surface area (TPSA) is 83.7 Å². The van der Waals surface area contributed by atoms with Crippen molar-refractivity contribution in [2.45, 2.75) is 31.9 Å². The summed E-state index contributed by atoms with van der Waals surface area (Å²) in [4.78, 5) is 25.7. The lowest BCUT2D eigenvalue weighted by Crippen LogP contribution is -2.53. The molecule has 3 rings (SSSR count). The molecule has 6 heteroatoms. The molecule has 1 aliphatic rings. The maximum Gasteiger partial charge on any atom is 0.265 e. The summed E-state index contributed by atoms with van der Waals surface area (Å²) in [5.74, 6) is -0.160. The van der Waals surface area contributed by atoms with E-state index >= 15 is 0 Å². The van der Waals surface area contributed by atoms with Crippen LogP contribution < -0.4 is 4.90 Å². The monoisotopic (exact) mass is 340 g/mol. The fourth-order valence-corrected chi connectivity index (χ4v) is 3.44. The number of nitro groups is 1. The van der Waals surface area contributed by atoms with E-state index in [2.05, 4.69) is 0 Å². The molecular formula is C19H20N2O4. The molecule has 6 nitrogen and oxygen atoms in total. The van der Waals surface area contributed by atoms with Gasteiger partial charge in [-0.25, -0.2) is 0 Å². The van der Waals surface area contributed by atoms with E-state index in [0.29, 0.717) is 16.8 Å². The van der Waals surface area contributed by atoms with Gasteiger partial charge in [0.05, 0.1) is 6.61 Å². The van der Waals surface area contributed by atoms with Crippen molar-refractivity contribution in [1.29, 1.82) is 0 Å². The van der Waals surface area contributed by atoms with E-state index in [-0.39, 0.29) is 36.8 Å². The van der Waals surface area contributed by atoms with E-state index in [1.807, 2.05) is 19.1 Å². The minimum Gasteiger partial charge on any atom is -0.392 e. The first kappa shape index (κ1) is 17.1. The number of hydrogen-bond acceptors (Lipinski definition) is 4. The van der Waals surface area contributed by atoms with Gasteiger partial charge < -0.3 is 10.0 Å². The lowest BCUT2D eigenvalue weighted by atomic mass is 9.82. The second-order valence-electron chi connectivity index (χ2n) is 6.42. The summed E-state index contributed by atoms with van der Waals surface area (Å²) in [5.41, 5.74) is 1.35. The van der Waals surface area contributed by atoms with Crippen LogP contribution in [0.3, 0.4) is 0 Å². The molecule has 1 N–H and O–H groups in total. The van der Waals surface area contributed by atoms with Crippen LogP contribution in [-0.4, -0.2) is 22.5 Å². The molecule has 1 heterocycles. The first-order valence-corrected chi connectivity index (χ1v) is 8.19. The van der Waals surface area contributed by atoms with Crippen LogP contribution >= 0.6 is 0 Å². The fourth-order valence-electron chi connectivity index (χ4n) is 3.44. The number of rotatable bonds is 4. The van der Waals surface area contributed by atoms with E-state index in [9.17, 15) is 20.0 Å². The number of carbonyl (C=O) groups is 1. The van der Waals surface area contributed by atoms with Crippen molar-refractivity contribution in [3.8, 4) is 0 Å². The van der Waals surface area contributed by atoms with Crippen LogP contribution in [0, 0.1) is 17.0 Å². The number of hydrogen-bond donors (Lipinski definition) is 1. The average Bonchev–Trinajstić information content (AvgIpc) is 2.63. The fraction of sp³-hybridized carbons (Fsp3) is 0.316. The van der Waals surface area contributed by atoms with E-state index in [0.717, 1.165) is 5.56 Å². The Bertz CT molecular complexity index is 806. The molecule has 0 saturated carbocycles. The summed E-state index contributed by atoms with van der Waals surface area (Å²) in [6.45, 7) is 1.63. The molecular weight excluding hydrogens is 320 g/mol. The Labute approximate surface area is 145 Å². The molecule has 25 heavy (non-hydrogen) atoms. The number of amides is 1. The summed E-state index contributed by atoms with van der Waals surface area (Å²) in [5, 5.41) is 21.6. The highest BCUT2D eigenvalue weighted by molar-refractivity contribution is 5.95. The number of aliphatic hydroxyl groups is 1. The van der Waals surface area contributed by atoms with E-state index in [1.165, 1.54) is 4.90 Å². The van der Waals surface area contributed by atoms with E-state index in [4.69, 9.17) is 0 Å². The van der Waals surface area contributed by atoms with E-state index in [1.54, 1.807) is 36.4 Å². The molecule has 1 amide bonds. The van der Waals surface area contributed by atoms with Gasteiger partial charge in [0.2, 0.25) is 5.91 Å². The largest absolute Gasteiger partial charge is 0.392 e. The third-order valence-electron chi connectivity index (χ3n) is 4.83. The van der Waals surface area contributed by atoms with Crippen LogP contribution in [0.15, 0.2) is 48.5 Å². The highest BCUT2D eigenvalue weighted by Gasteiger charge is 2.51. The zero-order chi connectivity index (χ0) is 18.0. The summed E-state index contributed by atoms with van der Waals surface area (Å²) >= 11 is 0. The maximum atomic E-state index is 12.5. The number of benzene rings is 2. The molecule has 2 aromatic carbocycles. The molecule has 0 aromatic heterocycles. The van der Waals surface area contributed by atoms with Crippen molar-refractivity contribution < 1.29 is 14.8 Å². The van der Waals surface area contributed by atoms with Crippen molar-refractivity contribution in [2.24, 2.45) is 0 Å². The van der Waals surface area contributed by atoms with Crippen LogP contribution in [0.25, 0.3) is 0 Å². The maximum absolute atomic E-state index is 12.5. The van der Waals surface area contributed by atoms with Crippen LogP contribution in [0.5, 0.6) is 0 Å². The Morgan fingerprint density at radius 2 is 1.96 bits per heavy atom. The second kappa shape index (κ2) is 6.64. The molecule has 1 saturated heterocycles. The molecule has 130 valence electrons.